The van der Waals surface area contributed by atoms with Gasteiger partial charge in [0.05, 0.1) is 7.11 Å². The lowest BCUT2D eigenvalue weighted by atomic mass is 9.84. The van der Waals surface area contributed by atoms with Gasteiger partial charge in [0.25, 0.3) is 0 Å². The number of esters is 1. The minimum atomic E-state index is -0.0333. The Labute approximate surface area is 91.8 Å². The van der Waals surface area contributed by atoms with E-state index in [0.29, 0.717) is 0 Å². The second-order valence-corrected chi connectivity index (χ2v) is 4.83. The summed E-state index contributed by atoms with van der Waals surface area (Å²) in [5.41, 5.74) is 0. The summed E-state index contributed by atoms with van der Waals surface area (Å²) in [5, 5.41) is 0. The van der Waals surface area contributed by atoms with E-state index in [9.17, 15) is 4.79 Å². The zero-order chi connectivity index (χ0) is 10.7. The van der Waals surface area contributed by atoms with Crippen molar-refractivity contribution in [2.75, 3.05) is 20.2 Å². The largest absolute Gasteiger partial charge is 0.468 e. The zero-order valence-electron chi connectivity index (χ0n) is 9.58. The molecule has 0 amide bonds. The number of ether oxygens (including phenoxy) is 1. The van der Waals surface area contributed by atoms with Crippen LogP contribution < -0.4 is 0 Å². The molecule has 1 saturated carbocycles. The van der Waals surface area contributed by atoms with Crippen molar-refractivity contribution < 1.29 is 9.53 Å². The summed E-state index contributed by atoms with van der Waals surface area (Å²) in [6.45, 7) is 2.19. The van der Waals surface area contributed by atoms with Crippen molar-refractivity contribution in [3.63, 3.8) is 0 Å². The maximum absolute atomic E-state index is 11.6. The van der Waals surface area contributed by atoms with E-state index in [-0.39, 0.29) is 12.0 Å². The van der Waals surface area contributed by atoms with Gasteiger partial charge < -0.3 is 4.74 Å². The molecule has 1 saturated heterocycles. The highest BCUT2D eigenvalue weighted by Gasteiger charge is 2.32. The Balaban J connectivity index is 1.89. The first-order valence-corrected chi connectivity index (χ1v) is 6.13. The van der Waals surface area contributed by atoms with Crippen LogP contribution in [0.3, 0.4) is 0 Å². The van der Waals surface area contributed by atoms with E-state index in [2.05, 4.69) is 4.90 Å². The number of carbonyl (C=O) groups is 1. The van der Waals surface area contributed by atoms with Gasteiger partial charge >= 0.3 is 5.97 Å². The molecule has 86 valence electrons. The molecule has 0 N–H and O–H groups in total. The minimum absolute atomic E-state index is 0.0333. The monoisotopic (exact) mass is 211 g/mol. The Kier molecular flexibility index (Phi) is 3.62. The Bertz CT molecular complexity index is 226. The summed E-state index contributed by atoms with van der Waals surface area (Å²) in [6, 6.07) is 0.0457. The third kappa shape index (κ3) is 2.51. The molecule has 0 aromatic carbocycles. The van der Waals surface area contributed by atoms with Crippen LogP contribution in [0.2, 0.25) is 0 Å². The zero-order valence-corrected chi connectivity index (χ0v) is 9.58. The van der Waals surface area contributed by atoms with Gasteiger partial charge in [-0.15, -0.1) is 0 Å². The van der Waals surface area contributed by atoms with Crippen LogP contribution in [0.5, 0.6) is 0 Å². The van der Waals surface area contributed by atoms with Crippen LogP contribution in [-0.2, 0) is 9.53 Å². The first-order valence-electron chi connectivity index (χ1n) is 6.13. The normalized spacial score (nSPS) is 28.5. The second-order valence-electron chi connectivity index (χ2n) is 4.83. The summed E-state index contributed by atoms with van der Waals surface area (Å²) < 4.78 is 4.87. The van der Waals surface area contributed by atoms with Crippen LogP contribution in [-0.4, -0.2) is 37.1 Å². The lowest BCUT2D eigenvalue weighted by molar-refractivity contribution is -0.148. The first kappa shape index (κ1) is 10.9. The molecule has 1 aliphatic heterocycles. The molecule has 0 aromatic heterocycles. The average Bonchev–Trinajstić information content (AvgIpc) is 2.23. The lowest BCUT2D eigenvalue weighted by Crippen LogP contribution is -2.47. The molecule has 0 aromatic rings. The number of nitrogens with zero attached hydrogens (tertiary/aromatic N) is 1. The summed E-state index contributed by atoms with van der Waals surface area (Å²) in [5.74, 6) is 0.810. The molecule has 2 rings (SSSR count). The maximum atomic E-state index is 11.6. The number of hydrogen-bond donors (Lipinski definition) is 0. The molecule has 1 atom stereocenters. The van der Waals surface area contributed by atoms with Gasteiger partial charge in [-0.05, 0) is 38.1 Å². The molecule has 3 nitrogen and oxygen atoms in total. The van der Waals surface area contributed by atoms with Crippen LogP contribution >= 0.6 is 0 Å². The minimum Gasteiger partial charge on any atom is -0.468 e. The van der Waals surface area contributed by atoms with E-state index < -0.39 is 0 Å². The number of rotatable bonds is 3. The fourth-order valence-electron chi connectivity index (χ4n) is 2.62. The molecule has 3 heteroatoms. The molecule has 2 fully saturated rings. The number of methoxy groups -OCH3 is 1. The van der Waals surface area contributed by atoms with E-state index >= 15 is 0 Å². The van der Waals surface area contributed by atoms with Crippen molar-refractivity contribution in [2.45, 2.75) is 44.6 Å². The number of carbonyl (C=O) groups excluding carboxylic acids is 1. The summed E-state index contributed by atoms with van der Waals surface area (Å²) in [7, 11) is 1.50. The molecule has 1 aliphatic carbocycles. The van der Waals surface area contributed by atoms with E-state index in [1.165, 1.54) is 39.2 Å². The summed E-state index contributed by atoms with van der Waals surface area (Å²) in [4.78, 5) is 13.9. The fraction of sp³-hybridized carbons (Fsp3) is 0.917. The van der Waals surface area contributed by atoms with Crippen molar-refractivity contribution in [1.29, 1.82) is 0 Å². The molecule has 0 bridgehead atoms. The van der Waals surface area contributed by atoms with Crippen LogP contribution in [0.4, 0.5) is 0 Å². The average molecular weight is 211 g/mol. The molecular formula is C12H21NO2. The predicted molar refractivity (Wildman–Crippen MR) is 58.6 cm³/mol. The standard InChI is InChI=1S/C12H21NO2/c1-15-12(14)11-7-2-3-8-13(11)9-10-5-4-6-10/h10-11H,2-9H2,1H3/t11-/m1/s1. The summed E-state index contributed by atoms with van der Waals surface area (Å²) in [6.07, 6.45) is 7.47. The highest BCUT2D eigenvalue weighted by atomic mass is 16.5. The second kappa shape index (κ2) is 4.97. The quantitative estimate of drug-likeness (QED) is 0.667. The fourth-order valence-corrected chi connectivity index (χ4v) is 2.62. The smallest absolute Gasteiger partial charge is 0.323 e. The van der Waals surface area contributed by atoms with Gasteiger partial charge in [0.2, 0.25) is 0 Å². The van der Waals surface area contributed by atoms with Crippen molar-refractivity contribution in [3.8, 4) is 0 Å². The van der Waals surface area contributed by atoms with Crippen molar-refractivity contribution in [1.82, 2.24) is 4.90 Å². The van der Waals surface area contributed by atoms with E-state index in [1.54, 1.807) is 0 Å². The Morgan fingerprint density at radius 2 is 2.07 bits per heavy atom. The number of likely N-dealkylation sites (tertiary alicyclic amines) is 1. The van der Waals surface area contributed by atoms with Gasteiger partial charge in [-0.25, -0.2) is 0 Å². The Morgan fingerprint density at radius 1 is 1.27 bits per heavy atom. The molecule has 0 spiro atoms. The van der Waals surface area contributed by atoms with Gasteiger partial charge in [0.1, 0.15) is 6.04 Å². The van der Waals surface area contributed by atoms with Gasteiger partial charge in [-0.2, -0.15) is 0 Å². The van der Waals surface area contributed by atoms with Crippen LogP contribution in [0.15, 0.2) is 0 Å². The van der Waals surface area contributed by atoms with Crippen LogP contribution in [0.25, 0.3) is 0 Å². The molecule has 0 radical (unpaired) electrons. The number of hydrogen-bond acceptors (Lipinski definition) is 3. The highest BCUT2D eigenvalue weighted by Crippen LogP contribution is 2.29. The molecule has 1 heterocycles. The predicted octanol–water partition coefficient (Wildman–Crippen LogP) is 1.81. The Morgan fingerprint density at radius 3 is 2.67 bits per heavy atom. The van der Waals surface area contributed by atoms with Crippen molar-refractivity contribution >= 4 is 5.97 Å². The Hall–Kier alpha value is -0.570. The third-order valence-electron chi connectivity index (χ3n) is 3.80. The highest BCUT2D eigenvalue weighted by molar-refractivity contribution is 5.75. The van der Waals surface area contributed by atoms with E-state index in [1.807, 2.05) is 0 Å². The number of piperidine rings is 1. The van der Waals surface area contributed by atoms with Crippen LogP contribution in [0, 0.1) is 5.92 Å². The topological polar surface area (TPSA) is 29.5 Å². The van der Waals surface area contributed by atoms with E-state index in [0.717, 1.165) is 25.4 Å². The first-order chi connectivity index (χ1) is 7.31. The van der Waals surface area contributed by atoms with Crippen molar-refractivity contribution in [3.05, 3.63) is 0 Å². The summed E-state index contributed by atoms with van der Waals surface area (Å²) >= 11 is 0. The SMILES string of the molecule is COC(=O)[C@H]1CCCCN1CC1CCC1. The molecular weight excluding hydrogens is 190 g/mol. The maximum Gasteiger partial charge on any atom is 0.323 e. The molecule has 2 aliphatic rings. The van der Waals surface area contributed by atoms with Crippen molar-refractivity contribution in [2.24, 2.45) is 5.92 Å². The van der Waals surface area contributed by atoms with Gasteiger partial charge in [-0.1, -0.05) is 12.8 Å². The van der Waals surface area contributed by atoms with Gasteiger partial charge in [0, 0.05) is 6.54 Å². The molecule has 15 heavy (non-hydrogen) atoms. The lowest BCUT2D eigenvalue weighted by Gasteiger charge is -2.38. The van der Waals surface area contributed by atoms with Gasteiger partial charge in [-0.3, -0.25) is 9.69 Å². The third-order valence-corrected chi connectivity index (χ3v) is 3.80. The van der Waals surface area contributed by atoms with Gasteiger partial charge in [0.15, 0.2) is 0 Å². The van der Waals surface area contributed by atoms with E-state index in [4.69, 9.17) is 4.74 Å². The molecule has 0 unspecified atom stereocenters. The van der Waals surface area contributed by atoms with Crippen LogP contribution in [0.1, 0.15) is 38.5 Å².